The molecule has 8 heteroatoms. The molecule has 2 bridgehead atoms. The van der Waals surface area contributed by atoms with Gasteiger partial charge in [-0.1, -0.05) is 41.4 Å². The number of aryl methyl sites for hydroxylation is 1. The van der Waals surface area contributed by atoms with Crippen molar-refractivity contribution in [3.8, 4) is 0 Å². The van der Waals surface area contributed by atoms with Gasteiger partial charge >= 0.3 is 6.09 Å². The van der Waals surface area contributed by atoms with E-state index in [9.17, 15) is 4.79 Å². The summed E-state index contributed by atoms with van der Waals surface area (Å²) in [6, 6.07) is 16.3. The Morgan fingerprint density at radius 1 is 1.05 bits per heavy atom. The van der Waals surface area contributed by atoms with Gasteiger partial charge in [0, 0.05) is 36.6 Å². The molecule has 3 aliphatic heterocycles. The Labute approximate surface area is 253 Å². The van der Waals surface area contributed by atoms with Crippen LogP contribution in [0.5, 0.6) is 0 Å². The quantitative estimate of drug-likeness (QED) is 0.288. The maximum absolute atomic E-state index is 13.0. The van der Waals surface area contributed by atoms with Crippen LogP contribution in [0.1, 0.15) is 83.1 Å². The van der Waals surface area contributed by atoms with E-state index in [1.165, 1.54) is 36.8 Å². The van der Waals surface area contributed by atoms with Gasteiger partial charge in [0.2, 0.25) is 0 Å². The van der Waals surface area contributed by atoms with Gasteiger partial charge in [0.05, 0.1) is 21.1 Å². The van der Waals surface area contributed by atoms with Gasteiger partial charge in [0.15, 0.2) is 0 Å². The lowest BCUT2D eigenvalue weighted by Gasteiger charge is -2.40. The number of amides is 1. The number of piperidine rings is 1. The third kappa shape index (κ3) is 5.72. The molecular weight excluding hydrogens is 555 g/mol. The number of benzene rings is 2. The molecule has 3 aliphatic rings. The van der Waals surface area contributed by atoms with Crippen LogP contribution in [0.15, 0.2) is 42.5 Å². The van der Waals surface area contributed by atoms with Crippen molar-refractivity contribution in [2.45, 2.75) is 102 Å². The number of halogens is 2. The fourth-order valence-corrected chi connectivity index (χ4v) is 8.11. The van der Waals surface area contributed by atoms with E-state index in [0.717, 1.165) is 37.1 Å². The highest BCUT2D eigenvalue weighted by Gasteiger charge is 2.44. The first-order valence-corrected chi connectivity index (χ1v) is 15.9. The van der Waals surface area contributed by atoms with E-state index in [1.807, 2.05) is 37.8 Å². The summed E-state index contributed by atoms with van der Waals surface area (Å²) in [5.41, 5.74) is 2.86. The van der Waals surface area contributed by atoms with Crippen LogP contribution in [0.25, 0.3) is 11.0 Å². The fourth-order valence-electron chi connectivity index (χ4n) is 7.81. The zero-order valence-corrected chi connectivity index (χ0v) is 26.2. The molecule has 4 heterocycles. The Balaban J connectivity index is 1.15. The molecule has 3 saturated heterocycles. The summed E-state index contributed by atoms with van der Waals surface area (Å²) in [5.74, 6) is 1.13. The van der Waals surface area contributed by atoms with Crippen molar-refractivity contribution in [1.29, 1.82) is 0 Å². The Morgan fingerprint density at radius 3 is 2.49 bits per heavy atom. The molecule has 0 radical (unpaired) electrons. The first kappa shape index (κ1) is 28.8. The molecule has 41 heavy (non-hydrogen) atoms. The number of ether oxygens (including phenoxy) is 1. The average Bonchev–Trinajstić information content (AvgIpc) is 3.56. The van der Waals surface area contributed by atoms with Crippen molar-refractivity contribution in [2.24, 2.45) is 0 Å². The van der Waals surface area contributed by atoms with Crippen molar-refractivity contribution < 1.29 is 9.53 Å². The van der Waals surface area contributed by atoms with Crippen LogP contribution in [0, 0.1) is 6.92 Å². The minimum atomic E-state index is -0.515. The number of fused-ring (bicyclic) bond motifs is 3. The summed E-state index contributed by atoms with van der Waals surface area (Å²) in [6.07, 6.45) is 7.65. The maximum atomic E-state index is 13.0. The van der Waals surface area contributed by atoms with Gasteiger partial charge in [-0.05, 0) is 109 Å². The van der Waals surface area contributed by atoms with Crippen LogP contribution in [-0.4, -0.2) is 62.8 Å². The molecule has 0 N–H and O–H groups in total. The third-order valence-corrected chi connectivity index (χ3v) is 10.3. The molecule has 3 aromatic rings. The van der Waals surface area contributed by atoms with Crippen LogP contribution in [0.3, 0.4) is 0 Å². The first-order valence-electron chi connectivity index (χ1n) is 15.2. The SMILES string of the molecule is Cc1nc2ccccc2n1C1C[C@H]2CC[C@@H](C1)N2CCCC1(c2ccc(Cl)c(Cl)c2)CCN(C(=O)OC(C)(C)C)C1. The normalized spacial score (nSPS) is 26.7. The first-order chi connectivity index (χ1) is 19.5. The number of aromatic nitrogens is 2. The number of rotatable bonds is 6. The van der Waals surface area contributed by atoms with Gasteiger partial charge in [-0.15, -0.1) is 0 Å². The van der Waals surface area contributed by atoms with Gasteiger partial charge in [-0.3, -0.25) is 4.90 Å². The van der Waals surface area contributed by atoms with E-state index in [4.69, 9.17) is 32.9 Å². The van der Waals surface area contributed by atoms with Gasteiger partial charge in [-0.2, -0.15) is 0 Å². The van der Waals surface area contributed by atoms with Gasteiger partial charge < -0.3 is 14.2 Å². The molecule has 3 fully saturated rings. The molecule has 6 nitrogen and oxygen atoms in total. The molecule has 1 amide bonds. The van der Waals surface area contributed by atoms with Crippen LogP contribution in [-0.2, 0) is 10.2 Å². The minimum absolute atomic E-state index is 0.157. The highest BCUT2D eigenvalue weighted by atomic mass is 35.5. The summed E-state index contributed by atoms with van der Waals surface area (Å²) in [6.45, 7) is 10.3. The number of likely N-dealkylation sites (tertiary alicyclic amines) is 1. The van der Waals surface area contributed by atoms with Crippen molar-refractivity contribution in [3.63, 3.8) is 0 Å². The van der Waals surface area contributed by atoms with Crippen LogP contribution in [0.2, 0.25) is 10.0 Å². The zero-order valence-electron chi connectivity index (χ0n) is 24.7. The van der Waals surface area contributed by atoms with E-state index in [-0.39, 0.29) is 11.5 Å². The number of para-hydroxylation sites is 2. The number of carbonyl (C=O) groups is 1. The number of hydrogen-bond acceptors (Lipinski definition) is 4. The van der Waals surface area contributed by atoms with E-state index < -0.39 is 5.60 Å². The summed E-state index contributed by atoms with van der Waals surface area (Å²) < 4.78 is 8.23. The number of hydrogen-bond donors (Lipinski definition) is 0. The number of imidazole rings is 1. The van der Waals surface area contributed by atoms with Gasteiger partial charge in [-0.25, -0.2) is 9.78 Å². The number of carbonyl (C=O) groups excluding carboxylic acids is 1. The predicted molar refractivity (Wildman–Crippen MR) is 166 cm³/mol. The lowest BCUT2D eigenvalue weighted by atomic mass is 9.76. The molecule has 0 aliphatic carbocycles. The Morgan fingerprint density at radius 2 is 1.78 bits per heavy atom. The van der Waals surface area contributed by atoms with Crippen LogP contribution in [0.4, 0.5) is 4.79 Å². The average molecular weight is 598 g/mol. The molecule has 6 rings (SSSR count). The van der Waals surface area contributed by atoms with Crippen LogP contribution >= 0.6 is 23.2 Å². The Kier molecular flexibility index (Phi) is 7.80. The molecule has 4 atom stereocenters. The molecule has 0 spiro atoms. The number of nitrogens with zero attached hydrogens (tertiary/aromatic N) is 4. The van der Waals surface area contributed by atoms with E-state index >= 15 is 0 Å². The summed E-state index contributed by atoms with van der Waals surface area (Å²) in [7, 11) is 0. The maximum Gasteiger partial charge on any atom is 0.410 e. The lowest BCUT2D eigenvalue weighted by Crippen LogP contribution is -2.44. The molecule has 1 aromatic heterocycles. The Hall–Kier alpha value is -2.28. The summed E-state index contributed by atoms with van der Waals surface area (Å²) in [4.78, 5) is 22.5. The highest BCUT2D eigenvalue weighted by Crippen LogP contribution is 2.44. The largest absolute Gasteiger partial charge is 0.444 e. The second-order valence-electron chi connectivity index (χ2n) is 13.4. The summed E-state index contributed by atoms with van der Waals surface area (Å²) >= 11 is 12.8. The Bertz CT molecular complexity index is 1420. The molecular formula is C33H42Cl2N4O2. The van der Waals surface area contributed by atoms with E-state index in [2.05, 4.69) is 46.7 Å². The van der Waals surface area contributed by atoms with Crippen molar-refractivity contribution in [2.75, 3.05) is 19.6 Å². The van der Waals surface area contributed by atoms with E-state index in [1.54, 1.807) is 0 Å². The monoisotopic (exact) mass is 596 g/mol. The van der Waals surface area contributed by atoms with E-state index in [0.29, 0.717) is 41.3 Å². The van der Waals surface area contributed by atoms with Crippen molar-refractivity contribution >= 4 is 40.3 Å². The molecule has 220 valence electrons. The topological polar surface area (TPSA) is 50.6 Å². The minimum Gasteiger partial charge on any atom is -0.444 e. The van der Waals surface area contributed by atoms with Crippen molar-refractivity contribution in [1.82, 2.24) is 19.4 Å². The standard InChI is InChI=1S/C33H42Cl2N4O2/c1-22-36-29-8-5-6-9-30(29)39(22)26-19-24-11-12-25(20-26)38(24)16-7-14-33(23-10-13-27(34)28(35)18-23)15-17-37(21-33)31(40)41-32(2,3)4/h5-6,8-10,13,18,24-26H,7,11-12,14-17,19-21H2,1-4H3/t24-,25+,26?,33?. The lowest BCUT2D eigenvalue weighted by molar-refractivity contribution is 0.0282. The third-order valence-electron chi connectivity index (χ3n) is 9.61. The highest BCUT2D eigenvalue weighted by molar-refractivity contribution is 6.42. The second-order valence-corrected chi connectivity index (χ2v) is 14.2. The van der Waals surface area contributed by atoms with Gasteiger partial charge in [0.25, 0.3) is 0 Å². The zero-order chi connectivity index (χ0) is 28.9. The molecule has 2 unspecified atom stereocenters. The molecule has 2 aromatic carbocycles. The second kappa shape index (κ2) is 11.1. The fraction of sp³-hybridized carbons (Fsp3) is 0.576. The van der Waals surface area contributed by atoms with Crippen molar-refractivity contribution in [3.05, 3.63) is 63.9 Å². The van der Waals surface area contributed by atoms with Gasteiger partial charge in [0.1, 0.15) is 11.4 Å². The molecule has 0 saturated carbocycles. The smallest absolute Gasteiger partial charge is 0.410 e. The van der Waals surface area contributed by atoms with Crippen LogP contribution < -0.4 is 0 Å². The predicted octanol–water partition coefficient (Wildman–Crippen LogP) is 8.18. The summed E-state index contributed by atoms with van der Waals surface area (Å²) in [5, 5.41) is 1.13.